The van der Waals surface area contributed by atoms with E-state index < -0.39 is 0 Å². The first-order valence-electron chi connectivity index (χ1n) is 10.6. The van der Waals surface area contributed by atoms with Crippen LogP contribution in [0.25, 0.3) is 11.3 Å². The summed E-state index contributed by atoms with van der Waals surface area (Å²) in [5.41, 5.74) is 2.69. The molecule has 2 amide bonds. The van der Waals surface area contributed by atoms with Gasteiger partial charge in [-0.05, 0) is 31.9 Å². The number of ether oxygens (including phenoxy) is 2. The number of carbonyl (C=O) groups excluding carboxylic acids is 1. The summed E-state index contributed by atoms with van der Waals surface area (Å²) in [6.45, 7) is 2.95. The minimum absolute atomic E-state index is 0.0554. The maximum Gasteiger partial charge on any atom is 0.317 e. The molecule has 0 unspecified atom stereocenters. The van der Waals surface area contributed by atoms with Crippen LogP contribution in [0, 0.1) is 0 Å². The Hall–Kier alpha value is -3.48. The van der Waals surface area contributed by atoms with E-state index in [9.17, 15) is 4.79 Å². The van der Waals surface area contributed by atoms with Crippen LogP contribution in [0.4, 0.5) is 4.79 Å². The molecule has 1 heterocycles. The Morgan fingerprint density at radius 1 is 1.16 bits per heavy atom. The van der Waals surface area contributed by atoms with Crippen molar-refractivity contribution in [1.29, 1.82) is 0 Å². The first-order valence-corrected chi connectivity index (χ1v) is 10.6. The summed E-state index contributed by atoms with van der Waals surface area (Å²) < 4.78 is 13.4. The summed E-state index contributed by atoms with van der Waals surface area (Å²) in [4.78, 5) is 14.7. The number of benzene rings is 2. The number of aryl methyl sites for hydroxylation is 1. The zero-order valence-corrected chi connectivity index (χ0v) is 18.2. The molecule has 7 heteroatoms. The van der Waals surface area contributed by atoms with Crippen LogP contribution in [0.3, 0.4) is 0 Å². The molecule has 0 aliphatic heterocycles. The van der Waals surface area contributed by atoms with Gasteiger partial charge >= 0.3 is 6.03 Å². The van der Waals surface area contributed by atoms with E-state index in [1.165, 1.54) is 0 Å². The van der Waals surface area contributed by atoms with Crippen molar-refractivity contribution in [3.05, 3.63) is 60.2 Å². The third kappa shape index (κ3) is 4.66. The van der Waals surface area contributed by atoms with Crippen molar-refractivity contribution in [3.8, 4) is 28.6 Å². The highest BCUT2D eigenvalue weighted by molar-refractivity contribution is 5.76. The molecule has 162 valence electrons. The number of amides is 2. The molecule has 0 atom stereocenters. The summed E-state index contributed by atoms with van der Waals surface area (Å²) >= 11 is 0. The molecule has 31 heavy (non-hydrogen) atoms. The highest BCUT2D eigenvalue weighted by Crippen LogP contribution is 2.37. The normalized spacial score (nSPS) is 13.0. The third-order valence-corrected chi connectivity index (χ3v) is 5.30. The first-order chi connectivity index (χ1) is 15.1. The largest absolute Gasteiger partial charge is 0.497 e. The maximum absolute atomic E-state index is 12.8. The second-order valence-corrected chi connectivity index (χ2v) is 7.60. The molecule has 3 aromatic rings. The fourth-order valence-electron chi connectivity index (χ4n) is 3.60. The van der Waals surface area contributed by atoms with E-state index in [0.29, 0.717) is 30.5 Å². The van der Waals surface area contributed by atoms with Gasteiger partial charge in [-0.25, -0.2) is 9.48 Å². The Morgan fingerprint density at radius 2 is 1.90 bits per heavy atom. The van der Waals surface area contributed by atoms with Crippen LogP contribution in [-0.4, -0.2) is 40.4 Å². The van der Waals surface area contributed by atoms with Crippen LogP contribution in [0.15, 0.2) is 54.6 Å². The first kappa shape index (κ1) is 20.8. The van der Waals surface area contributed by atoms with Crippen molar-refractivity contribution < 1.29 is 14.3 Å². The van der Waals surface area contributed by atoms with Gasteiger partial charge in [0.25, 0.3) is 0 Å². The maximum atomic E-state index is 12.8. The number of hydrogen-bond acceptors (Lipinski definition) is 4. The summed E-state index contributed by atoms with van der Waals surface area (Å²) in [6, 6.07) is 17.7. The van der Waals surface area contributed by atoms with E-state index in [1.54, 1.807) is 11.8 Å². The second-order valence-electron chi connectivity index (χ2n) is 7.60. The van der Waals surface area contributed by atoms with Gasteiger partial charge in [0.1, 0.15) is 17.2 Å². The average molecular weight is 421 g/mol. The predicted molar refractivity (Wildman–Crippen MR) is 119 cm³/mol. The predicted octanol–water partition coefficient (Wildman–Crippen LogP) is 4.58. The van der Waals surface area contributed by atoms with E-state index in [0.717, 1.165) is 29.7 Å². The van der Waals surface area contributed by atoms with E-state index in [4.69, 9.17) is 14.6 Å². The third-order valence-electron chi connectivity index (χ3n) is 5.30. The zero-order chi connectivity index (χ0) is 21.8. The Labute approximate surface area is 182 Å². The second kappa shape index (κ2) is 9.12. The van der Waals surface area contributed by atoms with Crippen molar-refractivity contribution >= 4 is 6.03 Å². The summed E-state index contributed by atoms with van der Waals surface area (Å²) in [6.07, 6.45) is 2.04. The highest BCUT2D eigenvalue weighted by atomic mass is 16.5. The van der Waals surface area contributed by atoms with Crippen LogP contribution in [-0.2, 0) is 13.6 Å². The van der Waals surface area contributed by atoms with Crippen molar-refractivity contribution in [2.75, 3.05) is 13.7 Å². The number of urea groups is 1. The number of carbonyl (C=O) groups is 1. The molecule has 1 aliphatic carbocycles. The minimum atomic E-state index is -0.0554. The number of nitrogens with one attached hydrogen (secondary N) is 1. The zero-order valence-electron chi connectivity index (χ0n) is 18.2. The summed E-state index contributed by atoms with van der Waals surface area (Å²) in [5.74, 6) is 1.98. The Morgan fingerprint density at radius 3 is 2.58 bits per heavy atom. The molecular formula is C24H28N4O3. The molecule has 0 saturated heterocycles. The molecule has 1 aliphatic rings. The van der Waals surface area contributed by atoms with Gasteiger partial charge < -0.3 is 19.7 Å². The molecule has 1 saturated carbocycles. The van der Waals surface area contributed by atoms with Gasteiger partial charge in [-0.1, -0.05) is 36.4 Å². The topological polar surface area (TPSA) is 68.6 Å². The van der Waals surface area contributed by atoms with Crippen molar-refractivity contribution in [3.63, 3.8) is 0 Å². The van der Waals surface area contributed by atoms with E-state index >= 15 is 0 Å². The standard InChI is InChI=1S/C24H28N4O3/c1-4-25-24(29)28(18-13-14-18)16-21-22(17-9-6-5-7-10-17)26-27(2)23(21)31-20-12-8-11-19(15-20)30-3/h5-12,15,18H,4,13-14,16H2,1-3H3,(H,25,29). The van der Waals surface area contributed by atoms with Crippen molar-refractivity contribution in [2.45, 2.75) is 32.4 Å². The molecule has 0 radical (unpaired) electrons. The Kier molecular flexibility index (Phi) is 6.11. The lowest BCUT2D eigenvalue weighted by molar-refractivity contribution is 0.192. The number of methoxy groups -OCH3 is 1. The Bertz CT molecular complexity index is 1040. The van der Waals surface area contributed by atoms with Crippen LogP contribution < -0.4 is 14.8 Å². The van der Waals surface area contributed by atoms with Gasteiger partial charge in [0.15, 0.2) is 0 Å². The average Bonchev–Trinajstić information content (AvgIpc) is 3.58. The number of hydrogen-bond donors (Lipinski definition) is 1. The monoisotopic (exact) mass is 420 g/mol. The number of aromatic nitrogens is 2. The SMILES string of the molecule is CCNC(=O)N(Cc1c(-c2ccccc2)nn(C)c1Oc1cccc(OC)c1)C1CC1. The molecule has 0 spiro atoms. The van der Waals surface area contributed by atoms with E-state index in [2.05, 4.69) is 5.32 Å². The van der Waals surface area contributed by atoms with Crippen LogP contribution >= 0.6 is 0 Å². The van der Waals surface area contributed by atoms with Gasteiger partial charge in [-0.15, -0.1) is 0 Å². The molecule has 1 N–H and O–H groups in total. The van der Waals surface area contributed by atoms with Crippen LogP contribution in [0.5, 0.6) is 17.4 Å². The van der Waals surface area contributed by atoms with Crippen molar-refractivity contribution in [1.82, 2.24) is 20.0 Å². The van der Waals surface area contributed by atoms with Crippen molar-refractivity contribution in [2.24, 2.45) is 7.05 Å². The Balaban J connectivity index is 1.75. The molecule has 2 aromatic carbocycles. The van der Waals surface area contributed by atoms with Gasteiger partial charge in [-0.3, -0.25) is 0 Å². The van der Waals surface area contributed by atoms with Gasteiger partial charge in [0, 0.05) is 31.3 Å². The lowest BCUT2D eigenvalue weighted by Crippen LogP contribution is -2.40. The fraction of sp³-hybridized carbons (Fsp3) is 0.333. The minimum Gasteiger partial charge on any atom is -0.497 e. The molecule has 0 bridgehead atoms. The van der Waals surface area contributed by atoms with Gasteiger partial charge in [-0.2, -0.15) is 5.10 Å². The van der Waals surface area contributed by atoms with Gasteiger partial charge in [0.05, 0.1) is 19.2 Å². The molecule has 1 aromatic heterocycles. The molecule has 4 rings (SSSR count). The van der Waals surface area contributed by atoms with Gasteiger partial charge in [0.2, 0.25) is 5.88 Å². The smallest absolute Gasteiger partial charge is 0.317 e. The number of nitrogens with zero attached hydrogens (tertiary/aromatic N) is 3. The number of rotatable bonds is 8. The quantitative estimate of drug-likeness (QED) is 0.579. The highest BCUT2D eigenvalue weighted by Gasteiger charge is 2.34. The summed E-state index contributed by atoms with van der Waals surface area (Å²) in [7, 11) is 3.49. The fourth-order valence-corrected chi connectivity index (χ4v) is 3.60. The lowest BCUT2D eigenvalue weighted by atomic mass is 10.1. The molecule has 7 nitrogen and oxygen atoms in total. The molecular weight excluding hydrogens is 392 g/mol. The van der Waals surface area contributed by atoms with Crippen LogP contribution in [0.2, 0.25) is 0 Å². The summed E-state index contributed by atoms with van der Waals surface area (Å²) in [5, 5.41) is 7.70. The molecule has 1 fully saturated rings. The van der Waals surface area contributed by atoms with Crippen LogP contribution in [0.1, 0.15) is 25.3 Å². The van der Waals surface area contributed by atoms with E-state index in [-0.39, 0.29) is 12.1 Å². The van der Waals surface area contributed by atoms with E-state index in [1.807, 2.05) is 73.5 Å². The lowest BCUT2D eigenvalue weighted by Gasteiger charge is -2.23.